The van der Waals surface area contributed by atoms with Gasteiger partial charge in [0.25, 0.3) is 0 Å². The van der Waals surface area contributed by atoms with E-state index in [-0.39, 0.29) is 12.4 Å². The van der Waals surface area contributed by atoms with Gasteiger partial charge >= 0.3 is 0 Å². The molecule has 0 amide bonds. The topological polar surface area (TPSA) is 35.2 Å². The van der Waals surface area contributed by atoms with E-state index in [2.05, 4.69) is 0 Å². The van der Waals surface area contributed by atoms with Crippen LogP contribution in [0.25, 0.3) is 0 Å². The fourth-order valence-corrected chi connectivity index (χ4v) is 2.21. The molecule has 0 aliphatic heterocycles. The molecule has 2 nitrogen and oxygen atoms in total. The van der Waals surface area contributed by atoms with Crippen molar-refractivity contribution >= 4 is 17.3 Å². The summed E-state index contributed by atoms with van der Waals surface area (Å²) in [5.74, 6) is 0.406. The maximum absolute atomic E-state index is 13.6. The van der Waals surface area contributed by atoms with Gasteiger partial charge in [-0.15, -0.1) is 0 Å². The summed E-state index contributed by atoms with van der Waals surface area (Å²) in [4.78, 5) is 0. The molecule has 4 heteroatoms. The van der Waals surface area contributed by atoms with Crippen molar-refractivity contribution in [3.63, 3.8) is 0 Å². The second-order valence-electron chi connectivity index (χ2n) is 4.51. The van der Waals surface area contributed by atoms with Crippen LogP contribution in [0.15, 0.2) is 30.3 Å². The lowest BCUT2D eigenvalue weighted by molar-refractivity contribution is 0.296. The largest absolute Gasteiger partial charge is 0.488 e. The number of benzene rings is 2. The van der Waals surface area contributed by atoms with E-state index in [1.807, 2.05) is 26.0 Å². The minimum atomic E-state index is -0.324. The molecule has 0 aliphatic rings. The third kappa shape index (κ3) is 3.18. The molecule has 100 valence electrons. The maximum Gasteiger partial charge on any atom is 0.129 e. The monoisotopic (exact) mass is 279 g/mol. The van der Waals surface area contributed by atoms with Gasteiger partial charge in [-0.3, -0.25) is 0 Å². The van der Waals surface area contributed by atoms with Crippen molar-refractivity contribution in [2.45, 2.75) is 20.5 Å². The summed E-state index contributed by atoms with van der Waals surface area (Å²) < 4.78 is 19.3. The molecule has 0 fully saturated rings. The normalized spacial score (nSPS) is 10.5. The predicted molar refractivity (Wildman–Crippen MR) is 76.1 cm³/mol. The summed E-state index contributed by atoms with van der Waals surface area (Å²) in [6, 6.07) is 8.08. The Morgan fingerprint density at radius 2 is 1.79 bits per heavy atom. The molecule has 0 saturated heterocycles. The number of anilines is 1. The van der Waals surface area contributed by atoms with Crippen molar-refractivity contribution in [2.24, 2.45) is 0 Å². The zero-order valence-corrected chi connectivity index (χ0v) is 11.6. The summed E-state index contributed by atoms with van der Waals surface area (Å²) in [6.07, 6.45) is 0. The molecule has 0 bridgehead atoms. The van der Waals surface area contributed by atoms with Gasteiger partial charge in [-0.1, -0.05) is 11.6 Å². The summed E-state index contributed by atoms with van der Waals surface area (Å²) in [5.41, 5.74) is 8.73. The molecule has 2 N–H and O–H groups in total. The maximum atomic E-state index is 13.6. The zero-order valence-electron chi connectivity index (χ0n) is 10.8. The van der Waals surface area contributed by atoms with E-state index in [1.165, 1.54) is 12.1 Å². The molecular formula is C15H15ClFNO. The number of rotatable bonds is 3. The molecule has 0 aliphatic carbocycles. The van der Waals surface area contributed by atoms with Crippen molar-refractivity contribution in [3.05, 3.63) is 57.9 Å². The van der Waals surface area contributed by atoms with Crippen LogP contribution in [0, 0.1) is 19.7 Å². The van der Waals surface area contributed by atoms with Crippen LogP contribution in [0.1, 0.15) is 16.7 Å². The number of aryl methyl sites for hydroxylation is 2. The molecule has 19 heavy (non-hydrogen) atoms. The Morgan fingerprint density at radius 3 is 2.42 bits per heavy atom. The lowest BCUT2D eigenvalue weighted by Gasteiger charge is -2.13. The second-order valence-corrected chi connectivity index (χ2v) is 4.94. The van der Waals surface area contributed by atoms with E-state index in [4.69, 9.17) is 22.1 Å². The molecule has 2 rings (SSSR count). The Balaban J connectivity index is 2.21. The molecule has 0 atom stereocenters. The summed E-state index contributed by atoms with van der Waals surface area (Å²) >= 11 is 5.84. The summed E-state index contributed by atoms with van der Waals surface area (Å²) in [6.45, 7) is 3.96. The number of ether oxygens (including phenoxy) is 1. The van der Waals surface area contributed by atoms with Gasteiger partial charge in [0.1, 0.15) is 18.2 Å². The lowest BCUT2D eigenvalue weighted by atomic mass is 10.1. The lowest BCUT2D eigenvalue weighted by Crippen LogP contribution is -2.02. The number of nitrogens with two attached hydrogens (primary N) is 1. The van der Waals surface area contributed by atoms with E-state index in [9.17, 15) is 4.39 Å². The van der Waals surface area contributed by atoms with Gasteiger partial charge in [0, 0.05) is 16.3 Å². The minimum Gasteiger partial charge on any atom is -0.488 e. The predicted octanol–water partition coefficient (Wildman–Crippen LogP) is 4.26. The number of nitrogen functional groups attached to an aromatic ring is 1. The molecule has 0 spiro atoms. The van der Waals surface area contributed by atoms with Gasteiger partial charge in [-0.25, -0.2) is 4.39 Å². The van der Waals surface area contributed by atoms with Crippen molar-refractivity contribution in [1.29, 1.82) is 0 Å². The van der Waals surface area contributed by atoms with Gasteiger partial charge in [0.15, 0.2) is 0 Å². The number of hydrogen-bond acceptors (Lipinski definition) is 2. The molecule has 0 heterocycles. The highest BCUT2D eigenvalue weighted by Gasteiger charge is 2.08. The number of halogens is 2. The third-order valence-electron chi connectivity index (χ3n) is 2.86. The van der Waals surface area contributed by atoms with Crippen molar-refractivity contribution in [1.82, 2.24) is 0 Å². The summed E-state index contributed by atoms with van der Waals surface area (Å²) in [5, 5.41) is 0.491. The Bertz CT molecular complexity index is 590. The van der Waals surface area contributed by atoms with Gasteiger partial charge < -0.3 is 10.5 Å². The quantitative estimate of drug-likeness (QED) is 0.852. The average Bonchev–Trinajstić information content (AvgIpc) is 2.32. The highest BCUT2D eigenvalue weighted by Crippen LogP contribution is 2.27. The van der Waals surface area contributed by atoms with Crippen molar-refractivity contribution < 1.29 is 9.13 Å². The zero-order chi connectivity index (χ0) is 14.0. The van der Waals surface area contributed by atoms with Gasteiger partial charge in [-0.05, 0) is 55.3 Å². The molecule has 0 radical (unpaired) electrons. The highest BCUT2D eigenvalue weighted by molar-refractivity contribution is 6.30. The van der Waals surface area contributed by atoms with E-state index in [0.717, 1.165) is 16.9 Å². The number of hydrogen-bond donors (Lipinski definition) is 1. The Labute approximate surface area is 117 Å². The molecule has 2 aromatic carbocycles. The SMILES string of the molecule is Cc1cc(N)cc(C)c1OCc1cc(Cl)ccc1F. The minimum absolute atomic E-state index is 0.137. The van der Waals surface area contributed by atoms with Crippen LogP contribution in [0.4, 0.5) is 10.1 Å². The Kier molecular flexibility index (Phi) is 3.96. The molecule has 2 aromatic rings. The molecular weight excluding hydrogens is 265 g/mol. The Morgan fingerprint density at radius 1 is 1.16 bits per heavy atom. The van der Waals surface area contributed by atoms with Crippen molar-refractivity contribution in [3.8, 4) is 5.75 Å². The smallest absolute Gasteiger partial charge is 0.129 e. The fraction of sp³-hybridized carbons (Fsp3) is 0.200. The second kappa shape index (κ2) is 5.49. The third-order valence-corrected chi connectivity index (χ3v) is 3.10. The van der Waals surface area contributed by atoms with Crippen LogP contribution in [0.3, 0.4) is 0 Å². The van der Waals surface area contributed by atoms with Gasteiger partial charge in [-0.2, -0.15) is 0 Å². The summed E-state index contributed by atoms with van der Waals surface area (Å²) in [7, 11) is 0. The Hall–Kier alpha value is -1.74. The van der Waals surface area contributed by atoms with Crippen LogP contribution in [0.2, 0.25) is 5.02 Å². The average molecular weight is 280 g/mol. The first kappa shape index (κ1) is 13.7. The van der Waals surface area contributed by atoms with Crippen LogP contribution >= 0.6 is 11.6 Å². The van der Waals surface area contributed by atoms with Crippen molar-refractivity contribution in [2.75, 3.05) is 5.73 Å². The van der Waals surface area contributed by atoms with Crippen LogP contribution in [-0.2, 0) is 6.61 Å². The molecule has 0 unspecified atom stereocenters. The first-order valence-electron chi connectivity index (χ1n) is 5.91. The first-order valence-corrected chi connectivity index (χ1v) is 6.28. The van der Waals surface area contributed by atoms with E-state index >= 15 is 0 Å². The first-order chi connectivity index (χ1) is 8.97. The van der Waals surface area contributed by atoms with E-state index in [0.29, 0.717) is 16.3 Å². The highest BCUT2D eigenvalue weighted by atomic mass is 35.5. The van der Waals surface area contributed by atoms with E-state index < -0.39 is 0 Å². The molecule has 0 aromatic heterocycles. The van der Waals surface area contributed by atoms with Gasteiger partial charge in [0.05, 0.1) is 0 Å². The molecule has 0 saturated carbocycles. The van der Waals surface area contributed by atoms with Crippen LogP contribution in [0.5, 0.6) is 5.75 Å². The fourth-order valence-electron chi connectivity index (χ4n) is 2.02. The van der Waals surface area contributed by atoms with E-state index in [1.54, 1.807) is 6.07 Å². The van der Waals surface area contributed by atoms with Crippen LogP contribution < -0.4 is 10.5 Å². The standard InChI is InChI=1S/C15H15ClFNO/c1-9-5-13(18)6-10(2)15(9)19-8-11-7-12(16)3-4-14(11)17/h3-7H,8,18H2,1-2H3. The van der Waals surface area contributed by atoms with Gasteiger partial charge in [0.2, 0.25) is 0 Å². The van der Waals surface area contributed by atoms with Crippen LogP contribution in [-0.4, -0.2) is 0 Å².